The Morgan fingerprint density at radius 2 is 2.42 bits per heavy atom. The smallest absolute Gasteiger partial charge is 0.321 e. The van der Waals surface area contributed by atoms with Crippen molar-refractivity contribution in [2.45, 2.75) is 0 Å². The van der Waals surface area contributed by atoms with Crippen LogP contribution in [0.15, 0.2) is 28.2 Å². The summed E-state index contributed by atoms with van der Waals surface area (Å²) in [5, 5.41) is 8.93. The van der Waals surface area contributed by atoms with Crippen molar-refractivity contribution < 1.29 is 9.26 Å². The Morgan fingerprint density at radius 1 is 1.47 bits per heavy atom. The van der Waals surface area contributed by atoms with Gasteiger partial charge in [0.05, 0.1) is 16.8 Å². The van der Waals surface area contributed by atoms with E-state index in [0.29, 0.717) is 25.0 Å². The average molecular weight is 276 g/mol. The summed E-state index contributed by atoms with van der Waals surface area (Å²) in [6, 6.07) is 4.38. The van der Waals surface area contributed by atoms with Gasteiger partial charge in [0, 0.05) is 25.4 Å². The zero-order valence-corrected chi connectivity index (χ0v) is 11.1. The third-order valence-corrected chi connectivity index (χ3v) is 3.42. The molecule has 0 saturated heterocycles. The van der Waals surface area contributed by atoms with Crippen molar-refractivity contribution in [3.8, 4) is 11.4 Å². The standard InChI is InChI=1S/C12H12N4O2S/c1-17-4-3-13-12-15-11(16-18-12)8-6-10-9(14-7-8)2-5-19-10/h2,5-7H,3-4H2,1H3,(H,13,15,16). The predicted octanol–water partition coefficient (Wildman–Crippen LogP) is 2.40. The summed E-state index contributed by atoms with van der Waals surface area (Å²) in [6.07, 6.45) is 1.75. The highest BCUT2D eigenvalue weighted by molar-refractivity contribution is 7.17. The number of pyridine rings is 1. The lowest BCUT2D eigenvalue weighted by Crippen LogP contribution is -2.07. The quantitative estimate of drug-likeness (QED) is 0.721. The molecule has 0 aliphatic carbocycles. The SMILES string of the molecule is COCCNc1nc(-c2cnc3ccsc3c2)no1. The van der Waals surface area contributed by atoms with E-state index >= 15 is 0 Å². The summed E-state index contributed by atoms with van der Waals surface area (Å²) in [5.41, 5.74) is 1.83. The number of nitrogens with zero attached hydrogens (tertiary/aromatic N) is 3. The summed E-state index contributed by atoms with van der Waals surface area (Å²) in [5.74, 6) is 0.530. The van der Waals surface area contributed by atoms with E-state index in [1.54, 1.807) is 24.6 Å². The zero-order valence-electron chi connectivity index (χ0n) is 10.3. The number of aromatic nitrogens is 3. The number of hydrogen-bond donors (Lipinski definition) is 1. The summed E-state index contributed by atoms with van der Waals surface area (Å²) in [6.45, 7) is 1.21. The molecule has 0 fully saturated rings. The molecule has 3 aromatic heterocycles. The van der Waals surface area contributed by atoms with E-state index in [2.05, 4.69) is 20.4 Å². The number of anilines is 1. The molecular weight excluding hydrogens is 264 g/mol. The van der Waals surface area contributed by atoms with E-state index in [1.165, 1.54) is 0 Å². The molecular formula is C12H12N4O2S. The molecule has 0 atom stereocenters. The Labute approximate surface area is 113 Å². The van der Waals surface area contributed by atoms with Crippen LogP contribution in [0.1, 0.15) is 0 Å². The maximum atomic E-state index is 5.11. The minimum absolute atomic E-state index is 0.387. The van der Waals surface area contributed by atoms with Crippen LogP contribution >= 0.6 is 11.3 Å². The largest absolute Gasteiger partial charge is 0.383 e. The molecule has 3 rings (SSSR count). The summed E-state index contributed by atoms with van der Waals surface area (Å²) < 4.78 is 11.1. The Hall–Kier alpha value is -1.99. The number of hydrogen-bond acceptors (Lipinski definition) is 7. The van der Waals surface area contributed by atoms with Crippen molar-refractivity contribution in [1.29, 1.82) is 0 Å². The Bertz CT molecular complexity index is 679. The average Bonchev–Trinajstić information content (AvgIpc) is 3.06. The van der Waals surface area contributed by atoms with Crippen LogP contribution in [-0.2, 0) is 4.74 Å². The van der Waals surface area contributed by atoms with Crippen molar-refractivity contribution >= 4 is 27.6 Å². The highest BCUT2D eigenvalue weighted by Crippen LogP contribution is 2.24. The molecule has 0 bridgehead atoms. The molecule has 19 heavy (non-hydrogen) atoms. The fourth-order valence-corrected chi connectivity index (χ4v) is 2.42. The van der Waals surface area contributed by atoms with Gasteiger partial charge in [-0.05, 0) is 17.5 Å². The van der Waals surface area contributed by atoms with E-state index in [0.717, 1.165) is 15.8 Å². The van der Waals surface area contributed by atoms with Gasteiger partial charge in [-0.3, -0.25) is 4.98 Å². The van der Waals surface area contributed by atoms with Gasteiger partial charge in [0.25, 0.3) is 0 Å². The van der Waals surface area contributed by atoms with Gasteiger partial charge >= 0.3 is 6.01 Å². The molecule has 0 amide bonds. The van der Waals surface area contributed by atoms with Gasteiger partial charge in [0.2, 0.25) is 5.82 Å². The number of ether oxygens (including phenoxy) is 1. The topological polar surface area (TPSA) is 73.1 Å². The lowest BCUT2D eigenvalue weighted by atomic mass is 10.2. The Morgan fingerprint density at radius 3 is 3.32 bits per heavy atom. The summed E-state index contributed by atoms with van der Waals surface area (Å²) >= 11 is 1.64. The molecule has 3 heterocycles. The monoisotopic (exact) mass is 276 g/mol. The normalized spacial score (nSPS) is 11.0. The molecule has 0 spiro atoms. The minimum atomic E-state index is 0.387. The van der Waals surface area contributed by atoms with Crippen LogP contribution in [0.5, 0.6) is 0 Å². The van der Waals surface area contributed by atoms with Crippen molar-refractivity contribution in [2.24, 2.45) is 0 Å². The second kappa shape index (κ2) is 5.33. The van der Waals surface area contributed by atoms with Crippen LogP contribution in [0.25, 0.3) is 21.6 Å². The molecule has 6 nitrogen and oxygen atoms in total. The third-order valence-electron chi connectivity index (χ3n) is 2.57. The van der Waals surface area contributed by atoms with Crippen LogP contribution in [-0.4, -0.2) is 35.4 Å². The molecule has 7 heteroatoms. The molecule has 0 aromatic carbocycles. The predicted molar refractivity (Wildman–Crippen MR) is 73.3 cm³/mol. The van der Waals surface area contributed by atoms with Crippen molar-refractivity contribution in [2.75, 3.05) is 25.6 Å². The summed E-state index contributed by atoms with van der Waals surface area (Å²) in [4.78, 5) is 8.61. The highest BCUT2D eigenvalue weighted by atomic mass is 32.1. The van der Waals surface area contributed by atoms with E-state index < -0.39 is 0 Å². The first-order valence-corrected chi connectivity index (χ1v) is 6.65. The first-order valence-electron chi connectivity index (χ1n) is 5.77. The maximum Gasteiger partial charge on any atom is 0.321 e. The lowest BCUT2D eigenvalue weighted by molar-refractivity contribution is 0.210. The molecule has 1 N–H and O–H groups in total. The minimum Gasteiger partial charge on any atom is -0.383 e. The fourth-order valence-electron chi connectivity index (χ4n) is 1.64. The van der Waals surface area contributed by atoms with Crippen LogP contribution in [0.2, 0.25) is 0 Å². The molecule has 0 saturated carbocycles. The van der Waals surface area contributed by atoms with Gasteiger partial charge in [0.1, 0.15) is 0 Å². The van der Waals surface area contributed by atoms with Crippen molar-refractivity contribution in [3.63, 3.8) is 0 Å². The van der Waals surface area contributed by atoms with Gasteiger partial charge < -0.3 is 14.6 Å². The molecule has 0 unspecified atom stereocenters. The molecule has 0 radical (unpaired) electrons. The van der Waals surface area contributed by atoms with Crippen LogP contribution < -0.4 is 5.32 Å². The zero-order chi connectivity index (χ0) is 13.1. The number of methoxy groups -OCH3 is 1. The highest BCUT2D eigenvalue weighted by Gasteiger charge is 2.09. The van der Waals surface area contributed by atoms with E-state index in [1.807, 2.05) is 17.5 Å². The van der Waals surface area contributed by atoms with E-state index in [-0.39, 0.29) is 0 Å². The van der Waals surface area contributed by atoms with E-state index in [4.69, 9.17) is 9.26 Å². The molecule has 0 aliphatic rings. The first kappa shape index (κ1) is 12.1. The number of rotatable bonds is 5. The summed E-state index contributed by atoms with van der Waals surface area (Å²) in [7, 11) is 1.64. The maximum absolute atomic E-state index is 5.11. The second-order valence-corrected chi connectivity index (χ2v) is 4.82. The Balaban J connectivity index is 1.81. The number of thiophene rings is 1. The van der Waals surface area contributed by atoms with Gasteiger partial charge in [-0.2, -0.15) is 4.98 Å². The van der Waals surface area contributed by atoms with Gasteiger partial charge in [-0.25, -0.2) is 0 Å². The fraction of sp³-hybridized carbons (Fsp3) is 0.250. The second-order valence-electron chi connectivity index (χ2n) is 3.87. The number of nitrogens with one attached hydrogen (secondary N) is 1. The van der Waals surface area contributed by atoms with Crippen molar-refractivity contribution in [3.05, 3.63) is 23.7 Å². The first-order chi connectivity index (χ1) is 9.36. The lowest BCUT2D eigenvalue weighted by Gasteiger charge is -1.97. The van der Waals surface area contributed by atoms with Gasteiger partial charge in [-0.1, -0.05) is 5.16 Å². The van der Waals surface area contributed by atoms with Crippen molar-refractivity contribution in [1.82, 2.24) is 15.1 Å². The molecule has 3 aromatic rings. The molecule has 98 valence electrons. The van der Waals surface area contributed by atoms with Gasteiger partial charge in [-0.15, -0.1) is 11.3 Å². The van der Waals surface area contributed by atoms with E-state index in [9.17, 15) is 0 Å². The number of fused-ring (bicyclic) bond motifs is 1. The third kappa shape index (κ3) is 2.56. The van der Waals surface area contributed by atoms with Crippen LogP contribution in [0, 0.1) is 0 Å². The molecule has 0 aliphatic heterocycles. The van der Waals surface area contributed by atoms with Crippen LogP contribution in [0.3, 0.4) is 0 Å². The Kier molecular flexibility index (Phi) is 3.39. The van der Waals surface area contributed by atoms with Gasteiger partial charge in [0.15, 0.2) is 0 Å². The van der Waals surface area contributed by atoms with Crippen LogP contribution in [0.4, 0.5) is 6.01 Å².